The Hall–Kier alpha value is -6.77. The summed E-state index contributed by atoms with van der Waals surface area (Å²) in [4.78, 5) is 2.67. The lowest BCUT2D eigenvalue weighted by Gasteiger charge is -2.39. The predicted molar refractivity (Wildman–Crippen MR) is 222 cm³/mol. The molecule has 0 unspecified atom stereocenters. The molecule has 8 aromatic carbocycles. The van der Waals surface area contributed by atoms with Crippen molar-refractivity contribution in [2.24, 2.45) is 0 Å². The second-order valence-electron chi connectivity index (χ2n) is 14.7. The van der Waals surface area contributed by atoms with E-state index < -0.39 is 0 Å². The fourth-order valence-corrected chi connectivity index (χ4v) is 9.70. The van der Waals surface area contributed by atoms with Crippen molar-refractivity contribution in [3.05, 3.63) is 180 Å². The minimum atomic E-state index is 0.933. The summed E-state index contributed by atoms with van der Waals surface area (Å²) in [6.45, 7) is 2.30. The van der Waals surface area contributed by atoms with Gasteiger partial charge in [-0.3, -0.25) is 4.90 Å². The Labute approximate surface area is 307 Å². The van der Waals surface area contributed by atoms with Crippen LogP contribution in [0.3, 0.4) is 0 Å². The summed E-state index contributed by atoms with van der Waals surface area (Å²) in [5.74, 6) is 0. The second-order valence-corrected chi connectivity index (χ2v) is 14.7. The van der Waals surface area contributed by atoms with Crippen molar-refractivity contribution in [1.29, 1.82) is 0 Å². The van der Waals surface area contributed by atoms with Crippen LogP contribution in [0.4, 0.5) is 17.1 Å². The first-order valence-corrected chi connectivity index (χ1v) is 18.6. The van der Waals surface area contributed by atoms with Gasteiger partial charge in [-0.2, -0.15) is 0 Å². The molecule has 0 saturated heterocycles. The van der Waals surface area contributed by atoms with Gasteiger partial charge in [0.25, 0.3) is 0 Å². The zero-order chi connectivity index (χ0) is 34.8. The highest BCUT2D eigenvalue weighted by Crippen LogP contribution is 2.60. The van der Waals surface area contributed by atoms with E-state index in [4.69, 9.17) is 0 Å². The Bertz CT molecular complexity index is 3120. The van der Waals surface area contributed by atoms with Crippen LogP contribution in [0.1, 0.15) is 18.1 Å². The van der Waals surface area contributed by atoms with E-state index in [1.54, 1.807) is 0 Å². The van der Waals surface area contributed by atoms with Crippen LogP contribution in [0.25, 0.3) is 88.5 Å². The van der Waals surface area contributed by atoms with E-state index in [0.29, 0.717) is 0 Å². The monoisotopic (exact) mass is 673 g/mol. The smallest absolute Gasteiger partial charge is 0.237 e. The van der Waals surface area contributed by atoms with Gasteiger partial charge < -0.3 is 0 Å². The zero-order valence-corrected chi connectivity index (χ0v) is 29.3. The Balaban J connectivity index is 1.41. The van der Waals surface area contributed by atoms with Gasteiger partial charge >= 0.3 is 0 Å². The number of hydrogen-bond donors (Lipinski definition) is 0. The lowest BCUT2D eigenvalue weighted by atomic mass is 9.80. The number of aromatic nitrogens is 1. The van der Waals surface area contributed by atoms with Gasteiger partial charge in [-0.05, 0) is 74.3 Å². The number of anilines is 3. The molecule has 0 spiro atoms. The average molecular weight is 674 g/mol. The Morgan fingerprint density at radius 1 is 0.453 bits per heavy atom. The van der Waals surface area contributed by atoms with Crippen LogP contribution >= 0.6 is 0 Å². The maximum absolute atomic E-state index is 2.67. The van der Waals surface area contributed by atoms with Gasteiger partial charge in [0.2, 0.25) is 16.7 Å². The van der Waals surface area contributed by atoms with Crippen LogP contribution in [-0.4, -0.2) is 0 Å². The third kappa shape index (κ3) is 3.85. The maximum Gasteiger partial charge on any atom is 0.237 e. The Morgan fingerprint density at radius 3 is 1.55 bits per heavy atom. The molecule has 12 rings (SSSR count). The van der Waals surface area contributed by atoms with Crippen LogP contribution < -0.4 is 9.47 Å². The first kappa shape index (κ1) is 28.9. The molecule has 0 fully saturated rings. The summed E-state index contributed by atoms with van der Waals surface area (Å²) in [5, 5.41) is 7.90. The van der Waals surface area contributed by atoms with E-state index in [0.717, 1.165) is 6.42 Å². The molecule has 53 heavy (non-hydrogen) atoms. The van der Waals surface area contributed by atoms with Crippen LogP contribution in [0, 0.1) is 0 Å². The normalized spacial score (nSPS) is 13.4. The third-order valence-corrected chi connectivity index (χ3v) is 11.8. The summed E-state index contributed by atoms with van der Waals surface area (Å²) in [7, 11) is 0. The van der Waals surface area contributed by atoms with Crippen molar-refractivity contribution < 1.29 is 4.57 Å². The summed E-state index contributed by atoms with van der Waals surface area (Å²) in [6.07, 6.45) is 3.40. The Kier molecular flexibility index (Phi) is 5.79. The van der Waals surface area contributed by atoms with Crippen LogP contribution in [0.15, 0.2) is 169 Å². The first-order valence-electron chi connectivity index (χ1n) is 18.6. The summed E-state index contributed by atoms with van der Waals surface area (Å²) in [5.41, 5.74) is 19.0. The number of fused-ring (bicyclic) bond motifs is 2. The largest absolute Gasteiger partial charge is 0.297 e. The van der Waals surface area contributed by atoms with Gasteiger partial charge in [-0.1, -0.05) is 151 Å². The lowest BCUT2D eigenvalue weighted by Crippen LogP contribution is -2.39. The van der Waals surface area contributed by atoms with Crippen molar-refractivity contribution in [1.82, 2.24) is 0 Å². The molecule has 8 aromatic rings. The molecule has 2 nitrogen and oxygen atoms in total. The van der Waals surface area contributed by atoms with Crippen LogP contribution in [-0.2, 0) is 6.42 Å². The number of hydrogen-bond acceptors (Lipinski definition) is 1. The molecule has 2 heteroatoms. The molecule has 4 aliphatic rings. The molecule has 0 bridgehead atoms. The molecular formula is C51H33N2+. The second kappa shape index (κ2) is 10.6. The van der Waals surface area contributed by atoms with Crippen molar-refractivity contribution in [3.63, 3.8) is 0 Å². The van der Waals surface area contributed by atoms with Gasteiger partial charge in [0.15, 0.2) is 0 Å². The summed E-state index contributed by atoms with van der Waals surface area (Å²) >= 11 is 0. The molecule has 3 heterocycles. The van der Waals surface area contributed by atoms with Gasteiger partial charge in [0.05, 0.1) is 11.3 Å². The van der Waals surface area contributed by atoms with Gasteiger partial charge in [-0.15, -0.1) is 4.57 Å². The molecule has 0 atom stereocenters. The third-order valence-electron chi connectivity index (χ3n) is 11.8. The van der Waals surface area contributed by atoms with E-state index >= 15 is 0 Å². The topological polar surface area (TPSA) is 7.12 Å². The standard InChI is InChI=1S/C51H33N2/c1-31-27-42-38-24-13-22-36-40(33-17-7-3-8-18-33)29-45-50(47(36)38)53-49(42)43(28-31)39-25-14-23-37-41(34-19-9-4-10-20-34)30-46(51(53)48(37)39)52(45)44-26-12-11-21-35(44)32-15-5-2-6-16-32/h2-27,29-30H,28H2,1H3/q+1. The van der Waals surface area contributed by atoms with Gasteiger partial charge in [-0.25, -0.2) is 0 Å². The molecule has 0 radical (unpaired) electrons. The lowest BCUT2D eigenvalue weighted by molar-refractivity contribution is -0.538. The molecule has 246 valence electrons. The predicted octanol–water partition coefficient (Wildman–Crippen LogP) is 13.2. The van der Waals surface area contributed by atoms with Crippen molar-refractivity contribution in [3.8, 4) is 39.1 Å². The van der Waals surface area contributed by atoms with Gasteiger partial charge in [0.1, 0.15) is 11.4 Å². The number of nitrogens with zero attached hydrogens (tertiary/aromatic N) is 2. The number of rotatable bonds is 4. The van der Waals surface area contributed by atoms with E-state index in [1.807, 2.05) is 0 Å². The van der Waals surface area contributed by atoms with E-state index in [9.17, 15) is 0 Å². The van der Waals surface area contributed by atoms with Gasteiger partial charge in [0, 0.05) is 34.5 Å². The molecule has 0 amide bonds. The van der Waals surface area contributed by atoms with Crippen molar-refractivity contribution in [2.45, 2.75) is 13.3 Å². The molecule has 1 aliphatic carbocycles. The molecular weight excluding hydrogens is 641 g/mol. The molecule has 0 aromatic heterocycles. The SMILES string of the molecule is CC1=Cc2c3c(c4cccc5c(-c6ccccc6)cc6c(c54)N3c3c4c(cccc24)c(-c2ccccc2)cc3[n+]6-c2ccccc2-c2ccccc2)C1. The average Bonchev–Trinajstić information content (AvgIpc) is 3.22. The van der Waals surface area contributed by atoms with Crippen molar-refractivity contribution in [2.75, 3.05) is 4.90 Å². The van der Waals surface area contributed by atoms with Crippen LogP contribution in [0.2, 0.25) is 0 Å². The highest BCUT2D eigenvalue weighted by Gasteiger charge is 2.42. The molecule has 0 N–H and O–H groups in total. The number of benzene rings is 8. The highest BCUT2D eigenvalue weighted by molar-refractivity contribution is 6.30. The fourth-order valence-electron chi connectivity index (χ4n) is 9.70. The fraction of sp³-hybridized carbons (Fsp3) is 0.0392. The zero-order valence-electron chi connectivity index (χ0n) is 29.3. The number of allylic oxidation sites excluding steroid dienone is 1. The quantitative estimate of drug-likeness (QED) is 0.169. The maximum atomic E-state index is 2.67. The summed E-state index contributed by atoms with van der Waals surface area (Å²) < 4.78 is 2.59. The van der Waals surface area contributed by atoms with Crippen LogP contribution in [0.5, 0.6) is 0 Å². The molecule has 3 aliphatic heterocycles. The molecule has 0 saturated carbocycles. The van der Waals surface area contributed by atoms with E-state index in [-0.39, 0.29) is 0 Å². The Morgan fingerprint density at radius 2 is 0.943 bits per heavy atom. The highest BCUT2D eigenvalue weighted by atomic mass is 15.2. The minimum Gasteiger partial charge on any atom is -0.297 e. The van der Waals surface area contributed by atoms with E-state index in [1.165, 1.54) is 116 Å². The number of para-hydroxylation sites is 1. The van der Waals surface area contributed by atoms with E-state index in [2.05, 4.69) is 186 Å². The summed E-state index contributed by atoms with van der Waals surface area (Å²) in [6, 6.07) is 60.6. The first-order chi connectivity index (χ1) is 26.2. The minimum absolute atomic E-state index is 0.933. The van der Waals surface area contributed by atoms with Crippen molar-refractivity contribution >= 4 is 66.5 Å².